The molecule has 1 aliphatic heterocycles. The fourth-order valence-corrected chi connectivity index (χ4v) is 3.25. The van der Waals surface area contributed by atoms with Gasteiger partial charge in [0.05, 0.1) is 24.2 Å². The van der Waals surface area contributed by atoms with Crippen LogP contribution in [-0.2, 0) is 16.1 Å². The average molecular weight is 398 g/mol. The number of carbonyl (C=O) groups excluding carboxylic acids is 1. The van der Waals surface area contributed by atoms with E-state index < -0.39 is 11.0 Å². The van der Waals surface area contributed by atoms with E-state index in [1.165, 1.54) is 6.07 Å². The molecule has 8 heteroatoms. The first-order valence-corrected chi connectivity index (χ1v) is 9.62. The second-order valence-electron chi connectivity index (χ2n) is 7.11. The van der Waals surface area contributed by atoms with Crippen LogP contribution in [0.1, 0.15) is 12.5 Å². The summed E-state index contributed by atoms with van der Waals surface area (Å²) in [6, 6.07) is 13.9. The Hall–Kier alpha value is -2.97. The van der Waals surface area contributed by atoms with Crippen molar-refractivity contribution < 1.29 is 14.5 Å². The highest BCUT2D eigenvalue weighted by Crippen LogP contribution is 2.21. The van der Waals surface area contributed by atoms with Crippen LogP contribution in [0.2, 0.25) is 0 Å². The number of morpholine rings is 1. The van der Waals surface area contributed by atoms with Crippen LogP contribution in [0.3, 0.4) is 0 Å². The number of hydrogen-bond donors (Lipinski definition) is 1. The lowest BCUT2D eigenvalue weighted by atomic mass is 10.1. The minimum Gasteiger partial charge on any atom is -0.378 e. The molecule has 154 valence electrons. The van der Waals surface area contributed by atoms with Crippen molar-refractivity contribution >= 4 is 23.0 Å². The molecule has 2 aromatic carbocycles. The average Bonchev–Trinajstić information content (AvgIpc) is 2.74. The highest BCUT2D eigenvalue weighted by atomic mass is 16.6. The number of likely N-dealkylation sites (N-methyl/N-ethyl adjacent to an activating group) is 1. The number of carbonyl (C=O) groups is 1. The molecule has 0 spiro atoms. The second-order valence-corrected chi connectivity index (χ2v) is 7.11. The molecule has 0 bridgehead atoms. The first-order chi connectivity index (χ1) is 14.0. The fraction of sp³-hybridized carbons (Fsp3) is 0.381. The van der Waals surface area contributed by atoms with E-state index in [1.807, 2.05) is 24.3 Å². The lowest BCUT2D eigenvalue weighted by molar-refractivity contribution is -0.385. The largest absolute Gasteiger partial charge is 0.378 e. The fourth-order valence-electron chi connectivity index (χ4n) is 3.25. The van der Waals surface area contributed by atoms with Gasteiger partial charge < -0.3 is 15.0 Å². The Morgan fingerprint density at radius 3 is 2.52 bits per heavy atom. The van der Waals surface area contributed by atoms with Gasteiger partial charge in [-0.2, -0.15) is 0 Å². The van der Waals surface area contributed by atoms with E-state index in [0.717, 1.165) is 37.7 Å². The first-order valence-electron chi connectivity index (χ1n) is 9.62. The summed E-state index contributed by atoms with van der Waals surface area (Å²) >= 11 is 0. The molecule has 2 aromatic rings. The third-order valence-electron chi connectivity index (χ3n) is 5.16. The summed E-state index contributed by atoms with van der Waals surface area (Å²) in [5.74, 6) is -0.162. The lowest BCUT2D eigenvalue weighted by Crippen LogP contribution is -2.39. The Kier molecular flexibility index (Phi) is 6.79. The van der Waals surface area contributed by atoms with Crippen LogP contribution < -0.4 is 10.2 Å². The number of ether oxygens (including phenoxy) is 1. The van der Waals surface area contributed by atoms with E-state index in [1.54, 1.807) is 37.1 Å². The summed E-state index contributed by atoms with van der Waals surface area (Å²) in [5.41, 5.74) is 2.46. The molecule has 1 heterocycles. The third-order valence-corrected chi connectivity index (χ3v) is 5.16. The van der Waals surface area contributed by atoms with Gasteiger partial charge in [-0.05, 0) is 38.2 Å². The number of amides is 1. The molecule has 3 rings (SSSR count). The lowest BCUT2D eigenvalue weighted by Gasteiger charge is -2.29. The zero-order valence-corrected chi connectivity index (χ0v) is 16.7. The van der Waals surface area contributed by atoms with Crippen LogP contribution in [0.25, 0.3) is 0 Å². The second kappa shape index (κ2) is 9.49. The molecule has 0 aliphatic carbocycles. The van der Waals surface area contributed by atoms with Crippen molar-refractivity contribution in [2.75, 3.05) is 43.6 Å². The van der Waals surface area contributed by atoms with Crippen LogP contribution in [0, 0.1) is 10.1 Å². The third kappa shape index (κ3) is 5.30. The van der Waals surface area contributed by atoms with Crippen molar-refractivity contribution in [2.24, 2.45) is 0 Å². The molecule has 29 heavy (non-hydrogen) atoms. The summed E-state index contributed by atoms with van der Waals surface area (Å²) in [5, 5.41) is 14.1. The van der Waals surface area contributed by atoms with Gasteiger partial charge in [0.1, 0.15) is 0 Å². The predicted octanol–water partition coefficient (Wildman–Crippen LogP) is 2.89. The first kappa shape index (κ1) is 20.8. The van der Waals surface area contributed by atoms with Gasteiger partial charge in [0, 0.05) is 42.6 Å². The maximum Gasteiger partial charge on any atom is 0.273 e. The highest BCUT2D eigenvalue weighted by molar-refractivity contribution is 5.94. The normalized spacial score (nSPS) is 15.2. The Balaban J connectivity index is 1.59. The molecular formula is C21H26N4O4. The summed E-state index contributed by atoms with van der Waals surface area (Å²) in [7, 11) is 1.78. The Labute approximate surface area is 170 Å². The van der Waals surface area contributed by atoms with Gasteiger partial charge in [-0.1, -0.05) is 18.2 Å². The van der Waals surface area contributed by atoms with Gasteiger partial charge in [-0.15, -0.1) is 0 Å². The maximum atomic E-state index is 12.6. The van der Waals surface area contributed by atoms with E-state index in [0.29, 0.717) is 12.1 Å². The number of nitro groups is 1. The van der Waals surface area contributed by atoms with Crippen molar-refractivity contribution in [3.63, 3.8) is 0 Å². The molecule has 8 nitrogen and oxygen atoms in total. The topological polar surface area (TPSA) is 88.0 Å². The van der Waals surface area contributed by atoms with Gasteiger partial charge in [0.2, 0.25) is 5.91 Å². The number of para-hydroxylation sites is 1. The van der Waals surface area contributed by atoms with Crippen LogP contribution in [-0.4, -0.2) is 55.1 Å². The smallest absolute Gasteiger partial charge is 0.273 e. The Bertz CT molecular complexity index is 850. The van der Waals surface area contributed by atoms with Crippen LogP contribution in [0.5, 0.6) is 0 Å². The van der Waals surface area contributed by atoms with E-state index >= 15 is 0 Å². The number of anilines is 2. The van der Waals surface area contributed by atoms with Crippen LogP contribution >= 0.6 is 0 Å². The van der Waals surface area contributed by atoms with Gasteiger partial charge in [0.25, 0.3) is 5.69 Å². The molecule has 0 radical (unpaired) electrons. The summed E-state index contributed by atoms with van der Waals surface area (Å²) in [4.78, 5) is 27.5. The van der Waals surface area contributed by atoms with Crippen molar-refractivity contribution in [3.8, 4) is 0 Å². The van der Waals surface area contributed by atoms with E-state index in [9.17, 15) is 14.9 Å². The summed E-state index contributed by atoms with van der Waals surface area (Å²) < 4.78 is 5.37. The van der Waals surface area contributed by atoms with E-state index in [4.69, 9.17) is 4.74 Å². The summed E-state index contributed by atoms with van der Waals surface area (Å²) in [6.45, 7) is 5.26. The maximum absolute atomic E-state index is 12.6. The molecule has 1 unspecified atom stereocenters. The molecule has 0 saturated carbocycles. The number of hydrogen-bond acceptors (Lipinski definition) is 6. The zero-order chi connectivity index (χ0) is 20.8. The number of nitro benzene ring substituents is 1. The molecular weight excluding hydrogens is 372 g/mol. The van der Waals surface area contributed by atoms with E-state index in [-0.39, 0.29) is 11.6 Å². The van der Waals surface area contributed by atoms with Crippen LogP contribution in [0.15, 0.2) is 48.5 Å². The minimum atomic E-state index is -0.450. The van der Waals surface area contributed by atoms with E-state index in [2.05, 4.69) is 10.2 Å². The van der Waals surface area contributed by atoms with Crippen molar-refractivity contribution in [2.45, 2.75) is 19.5 Å². The Morgan fingerprint density at radius 1 is 1.21 bits per heavy atom. The zero-order valence-electron chi connectivity index (χ0n) is 16.7. The molecule has 1 aliphatic rings. The van der Waals surface area contributed by atoms with Crippen molar-refractivity contribution in [3.05, 3.63) is 64.2 Å². The molecule has 1 N–H and O–H groups in total. The molecule has 1 amide bonds. The van der Waals surface area contributed by atoms with Gasteiger partial charge in [-0.3, -0.25) is 19.8 Å². The van der Waals surface area contributed by atoms with Crippen molar-refractivity contribution in [1.82, 2.24) is 4.90 Å². The molecule has 1 atom stereocenters. The molecule has 1 saturated heterocycles. The monoisotopic (exact) mass is 398 g/mol. The number of rotatable bonds is 7. The predicted molar refractivity (Wildman–Crippen MR) is 112 cm³/mol. The van der Waals surface area contributed by atoms with Gasteiger partial charge in [0.15, 0.2) is 0 Å². The van der Waals surface area contributed by atoms with Gasteiger partial charge in [-0.25, -0.2) is 0 Å². The Morgan fingerprint density at radius 2 is 1.86 bits per heavy atom. The summed E-state index contributed by atoms with van der Waals surface area (Å²) in [6.07, 6.45) is 0. The molecule has 1 fully saturated rings. The SMILES string of the molecule is CC(C(=O)Nc1ccc(N2CCOCC2)cc1)N(C)Cc1ccccc1[N+](=O)[O-]. The van der Waals surface area contributed by atoms with Crippen LogP contribution in [0.4, 0.5) is 17.1 Å². The number of nitrogens with one attached hydrogen (secondary N) is 1. The minimum absolute atomic E-state index is 0.0608. The number of nitrogens with zero attached hydrogens (tertiary/aromatic N) is 3. The highest BCUT2D eigenvalue weighted by Gasteiger charge is 2.21. The van der Waals surface area contributed by atoms with Crippen molar-refractivity contribution in [1.29, 1.82) is 0 Å². The quantitative estimate of drug-likeness (QED) is 0.570. The molecule has 0 aromatic heterocycles. The number of benzene rings is 2. The van der Waals surface area contributed by atoms with Gasteiger partial charge >= 0.3 is 0 Å². The standard InChI is InChI=1S/C21H26N4O4/c1-16(23(2)15-17-5-3-4-6-20(17)25(27)28)21(26)22-18-7-9-19(10-8-18)24-11-13-29-14-12-24/h3-10,16H,11-15H2,1-2H3,(H,22,26).